The highest BCUT2D eigenvalue weighted by molar-refractivity contribution is 5.79. The Morgan fingerprint density at radius 2 is 2.35 bits per heavy atom. The topological polar surface area (TPSA) is 67.2 Å². The maximum Gasteiger partial charge on any atom is 0.225 e. The van der Waals surface area contributed by atoms with Crippen LogP contribution in [0.4, 0.5) is 0 Å². The summed E-state index contributed by atoms with van der Waals surface area (Å²) in [7, 11) is 0. The van der Waals surface area contributed by atoms with Crippen LogP contribution < -0.4 is 10.6 Å². The molecule has 1 amide bonds. The monoisotopic (exact) mass is 237 g/mol. The zero-order valence-corrected chi connectivity index (χ0v) is 10.5. The van der Waals surface area contributed by atoms with Crippen LogP contribution in [0.25, 0.3) is 0 Å². The molecule has 2 atom stereocenters. The van der Waals surface area contributed by atoms with Crippen LogP contribution in [0.15, 0.2) is 4.42 Å². The van der Waals surface area contributed by atoms with Crippen molar-refractivity contribution in [3.05, 3.63) is 17.3 Å². The average Bonchev–Trinajstić information content (AvgIpc) is 2.83. The summed E-state index contributed by atoms with van der Waals surface area (Å²) in [6.45, 7) is 7.09. The van der Waals surface area contributed by atoms with Crippen LogP contribution >= 0.6 is 0 Å². The summed E-state index contributed by atoms with van der Waals surface area (Å²) in [5.41, 5.74) is 0.880. The van der Waals surface area contributed by atoms with Gasteiger partial charge in [0, 0.05) is 6.04 Å². The van der Waals surface area contributed by atoms with E-state index in [-0.39, 0.29) is 17.9 Å². The standard InChI is InChI=1S/C12H19N3O2/c1-7-9(3)17-11(15-7)6-14-12(16)10-4-5-13-8(10)2/h8,10,13H,4-6H2,1-3H3,(H,14,16). The maximum atomic E-state index is 11.9. The van der Waals surface area contributed by atoms with Gasteiger partial charge in [-0.2, -0.15) is 0 Å². The van der Waals surface area contributed by atoms with Gasteiger partial charge in [-0.1, -0.05) is 0 Å². The third-order valence-corrected chi connectivity index (χ3v) is 3.35. The first-order chi connectivity index (χ1) is 8.08. The van der Waals surface area contributed by atoms with Crippen molar-refractivity contribution >= 4 is 5.91 Å². The van der Waals surface area contributed by atoms with Gasteiger partial charge in [0.2, 0.25) is 11.8 Å². The SMILES string of the molecule is Cc1nc(CNC(=O)C2CCNC2C)oc1C. The lowest BCUT2D eigenvalue weighted by Crippen LogP contribution is -2.36. The molecule has 1 aliphatic heterocycles. The molecule has 1 fully saturated rings. The van der Waals surface area contributed by atoms with Crippen molar-refractivity contribution in [1.29, 1.82) is 0 Å². The third-order valence-electron chi connectivity index (χ3n) is 3.35. The fourth-order valence-corrected chi connectivity index (χ4v) is 2.13. The van der Waals surface area contributed by atoms with E-state index in [1.807, 2.05) is 20.8 Å². The van der Waals surface area contributed by atoms with E-state index in [2.05, 4.69) is 15.6 Å². The maximum absolute atomic E-state index is 11.9. The molecule has 0 bridgehead atoms. The fourth-order valence-electron chi connectivity index (χ4n) is 2.13. The number of hydrogen-bond donors (Lipinski definition) is 2. The Balaban J connectivity index is 1.87. The van der Waals surface area contributed by atoms with E-state index in [1.165, 1.54) is 0 Å². The number of amides is 1. The van der Waals surface area contributed by atoms with Crippen molar-refractivity contribution in [1.82, 2.24) is 15.6 Å². The predicted molar refractivity (Wildman–Crippen MR) is 63.4 cm³/mol. The summed E-state index contributed by atoms with van der Waals surface area (Å²) in [6.07, 6.45) is 0.899. The number of aromatic nitrogens is 1. The lowest BCUT2D eigenvalue weighted by molar-refractivity contribution is -0.125. The van der Waals surface area contributed by atoms with Gasteiger partial charge in [-0.25, -0.2) is 4.98 Å². The van der Waals surface area contributed by atoms with Crippen molar-refractivity contribution in [3.63, 3.8) is 0 Å². The second-order valence-electron chi connectivity index (χ2n) is 4.60. The summed E-state index contributed by atoms with van der Waals surface area (Å²) in [4.78, 5) is 16.1. The first-order valence-corrected chi connectivity index (χ1v) is 6.02. The van der Waals surface area contributed by atoms with Gasteiger partial charge < -0.3 is 15.1 Å². The Bertz CT molecular complexity index is 394. The van der Waals surface area contributed by atoms with Crippen molar-refractivity contribution in [2.75, 3.05) is 6.54 Å². The zero-order valence-electron chi connectivity index (χ0n) is 10.5. The highest BCUT2D eigenvalue weighted by atomic mass is 16.4. The highest BCUT2D eigenvalue weighted by Gasteiger charge is 2.29. The van der Waals surface area contributed by atoms with Crippen LogP contribution in [-0.4, -0.2) is 23.5 Å². The molecule has 1 aromatic rings. The normalized spacial score (nSPS) is 23.9. The van der Waals surface area contributed by atoms with Crippen molar-refractivity contribution in [2.24, 2.45) is 5.92 Å². The molecule has 17 heavy (non-hydrogen) atoms. The largest absolute Gasteiger partial charge is 0.444 e. The second-order valence-corrected chi connectivity index (χ2v) is 4.60. The van der Waals surface area contributed by atoms with Crippen LogP contribution in [0, 0.1) is 19.8 Å². The minimum atomic E-state index is 0.0622. The van der Waals surface area contributed by atoms with Crippen molar-refractivity contribution in [2.45, 2.75) is 39.8 Å². The second kappa shape index (κ2) is 4.87. The number of rotatable bonds is 3. The summed E-state index contributed by atoms with van der Waals surface area (Å²) in [6, 6.07) is 0.253. The number of carbonyl (C=O) groups is 1. The number of nitrogens with zero attached hydrogens (tertiary/aromatic N) is 1. The summed E-state index contributed by atoms with van der Waals surface area (Å²) in [5.74, 6) is 1.53. The van der Waals surface area contributed by atoms with Gasteiger partial charge >= 0.3 is 0 Å². The van der Waals surface area contributed by atoms with Crippen LogP contribution in [0.5, 0.6) is 0 Å². The molecule has 2 heterocycles. The summed E-state index contributed by atoms with van der Waals surface area (Å²) in [5, 5.41) is 6.14. The molecule has 1 aromatic heterocycles. The van der Waals surface area contributed by atoms with Gasteiger partial charge in [0.05, 0.1) is 18.2 Å². The van der Waals surface area contributed by atoms with E-state index in [1.54, 1.807) is 0 Å². The minimum absolute atomic E-state index is 0.0622. The Morgan fingerprint density at radius 3 is 2.88 bits per heavy atom. The van der Waals surface area contributed by atoms with Crippen molar-refractivity contribution < 1.29 is 9.21 Å². The molecule has 2 rings (SSSR count). The molecule has 94 valence electrons. The van der Waals surface area contributed by atoms with Gasteiger partial charge in [0.15, 0.2) is 0 Å². The molecular formula is C12H19N3O2. The highest BCUT2D eigenvalue weighted by Crippen LogP contribution is 2.15. The summed E-state index contributed by atoms with van der Waals surface area (Å²) < 4.78 is 5.41. The lowest BCUT2D eigenvalue weighted by Gasteiger charge is -2.13. The van der Waals surface area contributed by atoms with Crippen molar-refractivity contribution in [3.8, 4) is 0 Å². The molecule has 2 unspecified atom stereocenters. The Labute approximate surface area is 101 Å². The molecule has 5 nitrogen and oxygen atoms in total. The minimum Gasteiger partial charge on any atom is -0.444 e. The van der Waals surface area contributed by atoms with Crippen LogP contribution in [0.2, 0.25) is 0 Å². The summed E-state index contributed by atoms with van der Waals surface area (Å²) >= 11 is 0. The number of aryl methyl sites for hydroxylation is 2. The molecule has 5 heteroatoms. The lowest BCUT2D eigenvalue weighted by atomic mass is 10.0. The molecular weight excluding hydrogens is 218 g/mol. The molecule has 1 aliphatic rings. The Morgan fingerprint density at radius 1 is 1.59 bits per heavy atom. The number of nitrogens with one attached hydrogen (secondary N) is 2. The van der Waals surface area contributed by atoms with E-state index < -0.39 is 0 Å². The average molecular weight is 237 g/mol. The number of carbonyl (C=O) groups excluding carboxylic acids is 1. The van der Waals surface area contributed by atoms with E-state index >= 15 is 0 Å². The molecule has 0 aliphatic carbocycles. The smallest absolute Gasteiger partial charge is 0.225 e. The van der Waals surface area contributed by atoms with Gasteiger partial charge in [-0.3, -0.25) is 4.79 Å². The van der Waals surface area contributed by atoms with E-state index in [4.69, 9.17) is 4.42 Å². The zero-order chi connectivity index (χ0) is 12.4. The molecule has 2 N–H and O–H groups in total. The number of hydrogen-bond acceptors (Lipinski definition) is 4. The Kier molecular flexibility index (Phi) is 3.47. The number of oxazole rings is 1. The molecule has 0 spiro atoms. The van der Waals surface area contributed by atoms with Gasteiger partial charge in [0.1, 0.15) is 5.76 Å². The van der Waals surface area contributed by atoms with E-state index in [0.29, 0.717) is 12.4 Å². The van der Waals surface area contributed by atoms with Gasteiger partial charge in [0.25, 0.3) is 0 Å². The van der Waals surface area contributed by atoms with Crippen LogP contribution in [0.1, 0.15) is 30.7 Å². The van der Waals surface area contributed by atoms with E-state index in [0.717, 1.165) is 24.4 Å². The quantitative estimate of drug-likeness (QED) is 0.820. The van der Waals surface area contributed by atoms with Crippen LogP contribution in [-0.2, 0) is 11.3 Å². The molecule has 1 saturated heterocycles. The van der Waals surface area contributed by atoms with E-state index in [9.17, 15) is 4.79 Å². The molecule has 0 aromatic carbocycles. The molecule has 0 radical (unpaired) electrons. The first-order valence-electron chi connectivity index (χ1n) is 6.02. The van der Waals surface area contributed by atoms with Gasteiger partial charge in [-0.05, 0) is 33.7 Å². The third kappa shape index (κ3) is 2.66. The predicted octanol–water partition coefficient (Wildman–Crippen LogP) is 0.906. The fraction of sp³-hybridized carbons (Fsp3) is 0.667. The molecule has 0 saturated carbocycles. The van der Waals surface area contributed by atoms with Gasteiger partial charge in [-0.15, -0.1) is 0 Å². The van der Waals surface area contributed by atoms with Crippen LogP contribution in [0.3, 0.4) is 0 Å². The Hall–Kier alpha value is -1.36. The first kappa shape index (κ1) is 12.1.